The van der Waals surface area contributed by atoms with Gasteiger partial charge in [-0.25, -0.2) is 0 Å². The van der Waals surface area contributed by atoms with Crippen LogP contribution in [0.25, 0.3) is 0 Å². The van der Waals surface area contributed by atoms with Gasteiger partial charge in [-0.3, -0.25) is 4.79 Å². The molecule has 0 aromatic heterocycles. The summed E-state index contributed by atoms with van der Waals surface area (Å²) in [5.74, 6) is 0.507. The number of carbonyl (C=O) groups excluding carboxylic acids is 1. The molecule has 4 heteroatoms. The van der Waals surface area contributed by atoms with Crippen LogP contribution in [0.1, 0.15) is 44.9 Å². The highest BCUT2D eigenvalue weighted by Gasteiger charge is 2.43. The first-order valence-corrected chi connectivity index (χ1v) is 7.82. The summed E-state index contributed by atoms with van der Waals surface area (Å²) < 4.78 is 0. The Morgan fingerprint density at radius 1 is 1.32 bits per heavy atom. The molecule has 108 valence electrons. The number of rotatable bonds is 4. The Hall–Kier alpha value is -0.610. The summed E-state index contributed by atoms with van der Waals surface area (Å²) in [6.07, 6.45) is 8.51. The highest BCUT2D eigenvalue weighted by molar-refractivity contribution is 5.80. The molecule has 0 spiro atoms. The molecule has 1 saturated carbocycles. The van der Waals surface area contributed by atoms with E-state index in [1.807, 2.05) is 0 Å². The average molecular weight is 265 g/mol. The molecule has 1 amide bonds. The number of hydrogen-bond donors (Lipinski definition) is 2. The Balaban J connectivity index is 1.55. The van der Waals surface area contributed by atoms with Crippen molar-refractivity contribution in [2.75, 3.05) is 20.6 Å². The van der Waals surface area contributed by atoms with E-state index in [4.69, 9.17) is 0 Å². The second-order valence-electron chi connectivity index (χ2n) is 6.93. The fourth-order valence-electron chi connectivity index (χ4n) is 4.31. The fourth-order valence-corrected chi connectivity index (χ4v) is 4.31. The van der Waals surface area contributed by atoms with Crippen LogP contribution in [0.2, 0.25) is 0 Å². The largest absolute Gasteiger partial charge is 0.354 e. The van der Waals surface area contributed by atoms with E-state index in [1.165, 1.54) is 38.5 Å². The van der Waals surface area contributed by atoms with Gasteiger partial charge in [-0.1, -0.05) is 12.8 Å². The van der Waals surface area contributed by atoms with Crippen molar-refractivity contribution < 1.29 is 4.79 Å². The Bertz CT molecular complexity index is 349. The summed E-state index contributed by atoms with van der Waals surface area (Å²) in [6.45, 7) is 0.826. The zero-order chi connectivity index (χ0) is 13.5. The Labute approximate surface area is 116 Å². The lowest BCUT2D eigenvalue weighted by atomic mass is 9.88. The van der Waals surface area contributed by atoms with Crippen LogP contribution < -0.4 is 10.6 Å². The topological polar surface area (TPSA) is 44.4 Å². The van der Waals surface area contributed by atoms with E-state index in [0.717, 1.165) is 13.0 Å². The van der Waals surface area contributed by atoms with Crippen LogP contribution in [0, 0.1) is 5.92 Å². The quantitative estimate of drug-likeness (QED) is 0.800. The van der Waals surface area contributed by atoms with Gasteiger partial charge in [-0.15, -0.1) is 0 Å². The molecule has 3 fully saturated rings. The zero-order valence-electron chi connectivity index (χ0n) is 12.2. The van der Waals surface area contributed by atoms with Gasteiger partial charge in [0.1, 0.15) is 0 Å². The van der Waals surface area contributed by atoms with Gasteiger partial charge in [0.15, 0.2) is 0 Å². The maximum absolute atomic E-state index is 12.4. The van der Waals surface area contributed by atoms with Crippen molar-refractivity contribution >= 4 is 5.91 Å². The zero-order valence-corrected chi connectivity index (χ0v) is 12.2. The molecule has 3 aliphatic rings. The van der Waals surface area contributed by atoms with Gasteiger partial charge in [0.25, 0.3) is 0 Å². The number of hydrogen-bond acceptors (Lipinski definition) is 3. The minimum atomic E-state index is 0.209. The monoisotopic (exact) mass is 265 g/mol. The van der Waals surface area contributed by atoms with E-state index in [2.05, 4.69) is 29.6 Å². The van der Waals surface area contributed by atoms with Crippen molar-refractivity contribution in [3.8, 4) is 0 Å². The molecule has 19 heavy (non-hydrogen) atoms. The molecular weight excluding hydrogens is 238 g/mol. The average Bonchev–Trinajstić information content (AvgIpc) is 3.11. The van der Waals surface area contributed by atoms with Gasteiger partial charge in [-0.05, 0) is 46.2 Å². The van der Waals surface area contributed by atoms with Gasteiger partial charge < -0.3 is 15.5 Å². The predicted molar refractivity (Wildman–Crippen MR) is 75.9 cm³/mol. The second kappa shape index (κ2) is 5.06. The van der Waals surface area contributed by atoms with Crippen LogP contribution >= 0.6 is 0 Å². The van der Waals surface area contributed by atoms with Crippen molar-refractivity contribution in [2.45, 2.75) is 62.6 Å². The van der Waals surface area contributed by atoms with Gasteiger partial charge in [0.2, 0.25) is 5.91 Å². The molecule has 3 unspecified atom stereocenters. The van der Waals surface area contributed by atoms with Crippen LogP contribution in [-0.2, 0) is 4.79 Å². The molecular formula is C15H27N3O. The minimum absolute atomic E-state index is 0.209. The third-order valence-electron chi connectivity index (χ3n) is 5.71. The molecule has 0 radical (unpaired) electrons. The number of carbonyl (C=O) groups is 1. The molecule has 3 rings (SSSR count). The molecule has 4 nitrogen and oxygen atoms in total. The molecule has 2 N–H and O–H groups in total. The van der Waals surface area contributed by atoms with Crippen molar-refractivity contribution in [1.29, 1.82) is 0 Å². The third-order valence-corrected chi connectivity index (χ3v) is 5.71. The van der Waals surface area contributed by atoms with Crippen LogP contribution in [0.5, 0.6) is 0 Å². The maximum atomic E-state index is 12.4. The van der Waals surface area contributed by atoms with Crippen molar-refractivity contribution in [1.82, 2.24) is 15.5 Å². The molecule has 2 aliphatic heterocycles. The summed E-state index contributed by atoms with van der Waals surface area (Å²) in [6, 6.07) is 1.05. The Morgan fingerprint density at radius 2 is 2.05 bits per heavy atom. The van der Waals surface area contributed by atoms with Crippen molar-refractivity contribution in [2.24, 2.45) is 5.92 Å². The normalized spacial score (nSPS) is 36.1. The number of nitrogens with zero attached hydrogens (tertiary/aromatic N) is 1. The highest BCUT2D eigenvalue weighted by Crippen LogP contribution is 2.35. The van der Waals surface area contributed by atoms with Crippen LogP contribution in [0.4, 0.5) is 0 Å². The fraction of sp³-hybridized carbons (Fsp3) is 0.933. The molecule has 0 aromatic rings. The van der Waals surface area contributed by atoms with Crippen molar-refractivity contribution in [3.05, 3.63) is 0 Å². The lowest BCUT2D eigenvalue weighted by molar-refractivity contribution is -0.126. The van der Waals surface area contributed by atoms with Gasteiger partial charge in [0.05, 0.1) is 5.92 Å². The standard InChI is InChI=1S/C15H27N3O/c1-18(2)15(7-3-4-8-15)10-16-14(19)12-9-11-5-6-13(12)17-11/h11-13,17H,3-10H2,1-2H3,(H,16,19). The van der Waals surface area contributed by atoms with Crippen LogP contribution in [-0.4, -0.2) is 49.1 Å². The lowest BCUT2D eigenvalue weighted by Crippen LogP contribution is -2.52. The highest BCUT2D eigenvalue weighted by atomic mass is 16.2. The number of amides is 1. The summed E-state index contributed by atoms with van der Waals surface area (Å²) in [5, 5.41) is 6.80. The van der Waals surface area contributed by atoms with Crippen LogP contribution in [0.3, 0.4) is 0 Å². The second-order valence-corrected chi connectivity index (χ2v) is 6.93. The summed E-state index contributed by atoms with van der Waals surface area (Å²) in [4.78, 5) is 14.7. The number of fused-ring (bicyclic) bond motifs is 2. The smallest absolute Gasteiger partial charge is 0.224 e. The Morgan fingerprint density at radius 3 is 2.58 bits per heavy atom. The van der Waals surface area contributed by atoms with Crippen molar-refractivity contribution in [3.63, 3.8) is 0 Å². The third kappa shape index (κ3) is 2.40. The van der Waals surface area contributed by atoms with Gasteiger partial charge >= 0.3 is 0 Å². The first kappa shape index (κ1) is 13.4. The van der Waals surface area contributed by atoms with E-state index in [-0.39, 0.29) is 17.4 Å². The van der Waals surface area contributed by atoms with Gasteiger partial charge in [-0.2, -0.15) is 0 Å². The summed E-state index contributed by atoms with van der Waals surface area (Å²) >= 11 is 0. The minimum Gasteiger partial charge on any atom is -0.354 e. The SMILES string of the molecule is CN(C)C1(CNC(=O)C2CC3CCC2N3)CCCC1. The summed E-state index contributed by atoms with van der Waals surface area (Å²) in [7, 11) is 4.30. The molecule has 2 bridgehead atoms. The van der Waals surface area contributed by atoms with E-state index in [9.17, 15) is 4.79 Å². The summed E-state index contributed by atoms with van der Waals surface area (Å²) in [5.41, 5.74) is 0.209. The maximum Gasteiger partial charge on any atom is 0.224 e. The van der Waals surface area contributed by atoms with E-state index in [1.54, 1.807) is 0 Å². The molecule has 1 aliphatic carbocycles. The Kier molecular flexibility index (Phi) is 3.56. The number of likely N-dealkylation sites (N-methyl/N-ethyl adjacent to an activating group) is 1. The number of nitrogens with one attached hydrogen (secondary N) is 2. The van der Waals surface area contributed by atoms with E-state index in [0.29, 0.717) is 12.1 Å². The first-order chi connectivity index (χ1) is 9.11. The lowest BCUT2D eigenvalue weighted by Gasteiger charge is -2.37. The molecule has 2 saturated heterocycles. The van der Waals surface area contributed by atoms with E-state index >= 15 is 0 Å². The predicted octanol–water partition coefficient (Wildman–Crippen LogP) is 1.12. The van der Waals surface area contributed by atoms with Gasteiger partial charge in [0, 0.05) is 24.2 Å². The van der Waals surface area contributed by atoms with Crippen LogP contribution in [0.15, 0.2) is 0 Å². The molecule has 3 atom stereocenters. The molecule has 2 heterocycles. The van der Waals surface area contributed by atoms with E-state index < -0.39 is 0 Å². The first-order valence-electron chi connectivity index (χ1n) is 7.82. The molecule has 0 aromatic carbocycles.